The summed E-state index contributed by atoms with van der Waals surface area (Å²) in [5.41, 5.74) is -0.757. The second-order valence-electron chi connectivity index (χ2n) is 4.75. The summed E-state index contributed by atoms with van der Waals surface area (Å²) in [6.45, 7) is 2.94. The molecule has 2 rings (SSSR count). The van der Waals surface area contributed by atoms with E-state index in [0.717, 1.165) is 0 Å². The monoisotopic (exact) mass is 290 g/mol. The Labute approximate surface area is 120 Å². The third kappa shape index (κ3) is 3.05. The van der Waals surface area contributed by atoms with Gasteiger partial charge in [0.1, 0.15) is 5.75 Å². The molecule has 1 aromatic heterocycles. The van der Waals surface area contributed by atoms with Gasteiger partial charge in [-0.15, -0.1) is 11.3 Å². The average molecular weight is 290 g/mol. The van der Waals surface area contributed by atoms with Gasteiger partial charge in [0.15, 0.2) is 5.60 Å². The Hall–Kier alpha value is -2.14. The minimum absolute atomic E-state index is 0.0518. The van der Waals surface area contributed by atoms with Crippen molar-refractivity contribution in [1.29, 1.82) is 0 Å². The molecular weight excluding hydrogens is 276 g/mol. The van der Waals surface area contributed by atoms with Crippen LogP contribution in [-0.4, -0.2) is 22.5 Å². The van der Waals surface area contributed by atoms with Gasteiger partial charge in [0, 0.05) is 5.56 Å². The summed E-state index contributed by atoms with van der Waals surface area (Å²) in [6, 6.07) is 10.1. The van der Waals surface area contributed by atoms with E-state index >= 15 is 0 Å². The van der Waals surface area contributed by atoms with Crippen molar-refractivity contribution in [2.24, 2.45) is 0 Å². The number of carbonyl (C=O) groups excluding carboxylic acids is 1. The molecule has 0 amide bonds. The number of benzene rings is 1. The average Bonchev–Trinajstić information content (AvgIpc) is 2.92. The van der Waals surface area contributed by atoms with Crippen molar-refractivity contribution in [3.05, 3.63) is 52.2 Å². The molecule has 5 heteroatoms. The van der Waals surface area contributed by atoms with Crippen molar-refractivity contribution in [3.8, 4) is 5.75 Å². The minimum atomic E-state index is -1.31. The number of ketones is 1. The number of rotatable bonds is 5. The first-order valence-electron chi connectivity index (χ1n) is 6.01. The Morgan fingerprint density at radius 2 is 1.80 bits per heavy atom. The van der Waals surface area contributed by atoms with Crippen molar-refractivity contribution in [3.63, 3.8) is 0 Å². The highest BCUT2D eigenvalue weighted by molar-refractivity contribution is 7.12. The second-order valence-corrected chi connectivity index (χ2v) is 5.70. The van der Waals surface area contributed by atoms with Crippen LogP contribution in [0.5, 0.6) is 5.75 Å². The summed E-state index contributed by atoms with van der Waals surface area (Å²) >= 11 is 1.39. The molecule has 2 aromatic rings. The highest BCUT2D eigenvalue weighted by Crippen LogP contribution is 2.21. The summed E-state index contributed by atoms with van der Waals surface area (Å²) in [5.74, 6) is -0.680. The number of carboxylic acids is 1. The molecule has 0 aliphatic heterocycles. The van der Waals surface area contributed by atoms with Gasteiger partial charge in [-0.05, 0) is 49.6 Å². The predicted molar refractivity (Wildman–Crippen MR) is 76.5 cm³/mol. The van der Waals surface area contributed by atoms with Crippen molar-refractivity contribution in [2.75, 3.05) is 0 Å². The molecule has 1 heterocycles. The summed E-state index contributed by atoms with van der Waals surface area (Å²) in [7, 11) is 0. The Morgan fingerprint density at radius 3 is 2.30 bits per heavy atom. The Bertz CT molecular complexity index is 612. The lowest BCUT2D eigenvalue weighted by atomic mass is 10.1. The van der Waals surface area contributed by atoms with Crippen LogP contribution in [0.25, 0.3) is 0 Å². The SMILES string of the molecule is CC(C)(Oc1ccc(C(=O)c2cccs2)cc1)C(=O)O. The van der Waals surface area contributed by atoms with Crippen LogP contribution < -0.4 is 4.74 Å². The molecule has 0 unspecified atom stereocenters. The van der Waals surface area contributed by atoms with Crippen molar-refractivity contribution in [1.82, 2.24) is 0 Å². The molecule has 1 N–H and O–H groups in total. The van der Waals surface area contributed by atoms with E-state index in [1.54, 1.807) is 30.3 Å². The Balaban J connectivity index is 2.15. The van der Waals surface area contributed by atoms with E-state index in [4.69, 9.17) is 9.84 Å². The molecule has 0 radical (unpaired) electrons. The van der Waals surface area contributed by atoms with Crippen molar-refractivity contribution in [2.45, 2.75) is 19.4 Å². The number of carboxylic acid groups (broad SMARTS) is 1. The number of thiophene rings is 1. The molecule has 20 heavy (non-hydrogen) atoms. The third-order valence-corrected chi connectivity index (χ3v) is 3.62. The first-order valence-corrected chi connectivity index (χ1v) is 6.89. The van der Waals surface area contributed by atoms with Gasteiger partial charge >= 0.3 is 5.97 Å². The van der Waals surface area contributed by atoms with E-state index in [1.165, 1.54) is 25.2 Å². The van der Waals surface area contributed by atoms with Gasteiger partial charge in [-0.2, -0.15) is 0 Å². The Morgan fingerprint density at radius 1 is 1.15 bits per heavy atom. The maximum absolute atomic E-state index is 12.1. The van der Waals surface area contributed by atoms with E-state index in [2.05, 4.69) is 0 Å². The van der Waals surface area contributed by atoms with Crippen LogP contribution in [0.1, 0.15) is 29.1 Å². The van der Waals surface area contributed by atoms with Crippen LogP contribution in [0.4, 0.5) is 0 Å². The predicted octanol–water partition coefficient (Wildman–Crippen LogP) is 3.22. The first-order chi connectivity index (χ1) is 9.40. The number of hydrogen-bond acceptors (Lipinski definition) is 4. The van der Waals surface area contributed by atoms with Gasteiger partial charge in [-0.1, -0.05) is 6.07 Å². The lowest BCUT2D eigenvalue weighted by Crippen LogP contribution is -2.37. The van der Waals surface area contributed by atoms with Gasteiger partial charge in [0.25, 0.3) is 0 Å². The summed E-state index contributed by atoms with van der Waals surface area (Å²) in [5, 5.41) is 10.8. The van der Waals surface area contributed by atoms with Gasteiger partial charge < -0.3 is 9.84 Å². The Kier molecular flexibility index (Phi) is 3.90. The number of ether oxygens (including phenoxy) is 1. The molecule has 0 saturated carbocycles. The summed E-state index contributed by atoms with van der Waals surface area (Å²) in [6.07, 6.45) is 0. The molecule has 0 atom stereocenters. The highest BCUT2D eigenvalue weighted by atomic mass is 32.1. The molecule has 1 aromatic carbocycles. The quantitative estimate of drug-likeness (QED) is 0.859. The number of hydrogen-bond donors (Lipinski definition) is 1. The van der Waals surface area contributed by atoms with E-state index < -0.39 is 11.6 Å². The van der Waals surface area contributed by atoms with Crippen molar-refractivity contribution >= 4 is 23.1 Å². The van der Waals surface area contributed by atoms with Crippen molar-refractivity contribution < 1.29 is 19.4 Å². The second kappa shape index (κ2) is 5.46. The standard InChI is InChI=1S/C15H14O4S/c1-15(2,14(17)18)19-11-7-5-10(6-8-11)13(16)12-4-3-9-20-12/h3-9H,1-2H3,(H,17,18). The molecule has 0 aliphatic carbocycles. The van der Waals surface area contributed by atoms with Gasteiger partial charge in [-0.3, -0.25) is 4.79 Å². The highest BCUT2D eigenvalue weighted by Gasteiger charge is 2.29. The van der Waals surface area contributed by atoms with E-state index in [0.29, 0.717) is 16.2 Å². The molecular formula is C15H14O4S. The molecule has 0 saturated heterocycles. The fourth-order valence-corrected chi connectivity index (χ4v) is 2.25. The van der Waals surface area contributed by atoms with Crippen LogP contribution in [0.2, 0.25) is 0 Å². The summed E-state index contributed by atoms with van der Waals surface area (Å²) < 4.78 is 5.38. The third-order valence-electron chi connectivity index (χ3n) is 2.75. The van der Waals surface area contributed by atoms with Crippen LogP contribution in [0.3, 0.4) is 0 Å². The lowest BCUT2D eigenvalue weighted by molar-refractivity contribution is -0.152. The smallest absolute Gasteiger partial charge is 0.347 e. The fourth-order valence-electron chi connectivity index (χ4n) is 1.56. The summed E-state index contributed by atoms with van der Waals surface area (Å²) in [4.78, 5) is 23.7. The molecule has 0 spiro atoms. The van der Waals surface area contributed by atoms with Gasteiger partial charge in [0.05, 0.1) is 4.88 Å². The van der Waals surface area contributed by atoms with E-state index in [9.17, 15) is 9.59 Å². The minimum Gasteiger partial charge on any atom is -0.478 e. The lowest BCUT2D eigenvalue weighted by Gasteiger charge is -2.21. The van der Waals surface area contributed by atoms with Gasteiger partial charge in [-0.25, -0.2) is 4.79 Å². The first kappa shape index (κ1) is 14.3. The molecule has 4 nitrogen and oxygen atoms in total. The topological polar surface area (TPSA) is 63.6 Å². The zero-order chi connectivity index (χ0) is 14.8. The molecule has 0 aliphatic rings. The molecule has 0 bridgehead atoms. The zero-order valence-corrected chi connectivity index (χ0v) is 11.9. The molecule has 104 valence electrons. The maximum atomic E-state index is 12.1. The van der Waals surface area contributed by atoms with Crippen LogP contribution >= 0.6 is 11.3 Å². The van der Waals surface area contributed by atoms with Gasteiger partial charge in [0.2, 0.25) is 5.78 Å². The number of carbonyl (C=O) groups is 2. The largest absolute Gasteiger partial charge is 0.478 e. The number of aliphatic carboxylic acids is 1. The van der Waals surface area contributed by atoms with Crippen LogP contribution in [0.15, 0.2) is 41.8 Å². The normalized spacial score (nSPS) is 11.1. The van der Waals surface area contributed by atoms with Crippen LogP contribution in [-0.2, 0) is 4.79 Å². The zero-order valence-electron chi connectivity index (χ0n) is 11.1. The van der Waals surface area contributed by atoms with Crippen LogP contribution in [0, 0.1) is 0 Å². The van der Waals surface area contributed by atoms with E-state index in [1.807, 2.05) is 11.4 Å². The maximum Gasteiger partial charge on any atom is 0.347 e. The van der Waals surface area contributed by atoms with E-state index in [-0.39, 0.29) is 5.78 Å². The fraction of sp³-hybridized carbons (Fsp3) is 0.200. The molecule has 0 fully saturated rings.